The molecule has 3 rings (SSSR count). The van der Waals surface area contributed by atoms with Crippen LogP contribution in [0.15, 0.2) is 59.5 Å². The second-order valence-electron chi connectivity index (χ2n) is 9.41. The van der Waals surface area contributed by atoms with Crippen molar-refractivity contribution in [2.75, 3.05) is 19.6 Å². The van der Waals surface area contributed by atoms with Crippen molar-refractivity contribution in [2.24, 2.45) is 11.8 Å². The number of benzene rings is 2. The first kappa shape index (κ1) is 24.5. The number of hydrogen-bond donors (Lipinski definition) is 1. The molecule has 0 spiro atoms. The van der Waals surface area contributed by atoms with Crippen LogP contribution in [0.2, 0.25) is 0 Å². The molecule has 1 aliphatic heterocycles. The zero-order chi connectivity index (χ0) is 23.3. The summed E-state index contributed by atoms with van der Waals surface area (Å²) in [6, 6.07) is 17.4. The van der Waals surface area contributed by atoms with E-state index in [0.29, 0.717) is 49.2 Å². The molecule has 2 aromatic carbocycles. The molecule has 1 saturated heterocycles. The Kier molecular flexibility index (Phi) is 8.12. The van der Waals surface area contributed by atoms with E-state index in [-0.39, 0.29) is 17.7 Å². The third-order valence-electron chi connectivity index (χ3n) is 6.54. The van der Waals surface area contributed by atoms with Gasteiger partial charge in [0.25, 0.3) is 0 Å². The van der Waals surface area contributed by atoms with E-state index in [4.69, 9.17) is 0 Å². The van der Waals surface area contributed by atoms with Crippen molar-refractivity contribution in [1.29, 1.82) is 0 Å². The Labute approximate surface area is 193 Å². The van der Waals surface area contributed by atoms with Crippen LogP contribution in [0.25, 0.3) is 0 Å². The summed E-state index contributed by atoms with van der Waals surface area (Å²) in [5, 5.41) is 3.13. The van der Waals surface area contributed by atoms with Crippen molar-refractivity contribution in [3.05, 3.63) is 65.7 Å². The van der Waals surface area contributed by atoms with Gasteiger partial charge in [-0.25, -0.2) is 8.42 Å². The predicted octanol–water partition coefficient (Wildman–Crippen LogP) is 4.77. The molecule has 1 N–H and O–H groups in total. The Balaban J connectivity index is 1.56. The highest BCUT2D eigenvalue weighted by Gasteiger charge is 2.32. The minimum Gasteiger partial charge on any atom is -0.355 e. The third kappa shape index (κ3) is 5.78. The maximum atomic E-state index is 13.0. The Morgan fingerprint density at radius 3 is 2.06 bits per heavy atom. The molecule has 1 amide bonds. The number of hydrogen-bond acceptors (Lipinski definition) is 3. The van der Waals surface area contributed by atoms with Crippen LogP contribution in [0, 0.1) is 11.8 Å². The number of rotatable bonds is 8. The molecule has 1 aliphatic rings. The number of nitrogens with zero attached hydrogens (tertiary/aromatic N) is 1. The molecule has 1 heterocycles. The molecule has 1 unspecified atom stereocenters. The first-order chi connectivity index (χ1) is 15.2. The Morgan fingerprint density at radius 2 is 1.53 bits per heavy atom. The van der Waals surface area contributed by atoms with Crippen molar-refractivity contribution in [3.8, 4) is 0 Å². The molecule has 6 heteroatoms. The highest BCUT2D eigenvalue weighted by Crippen LogP contribution is 2.27. The van der Waals surface area contributed by atoms with E-state index in [1.807, 2.05) is 30.3 Å². The predicted molar refractivity (Wildman–Crippen MR) is 129 cm³/mol. The van der Waals surface area contributed by atoms with Crippen molar-refractivity contribution < 1.29 is 13.2 Å². The maximum Gasteiger partial charge on any atom is 0.243 e. The molecule has 1 fully saturated rings. The zero-order valence-corrected chi connectivity index (χ0v) is 20.4. The van der Waals surface area contributed by atoms with Crippen LogP contribution in [-0.4, -0.2) is 38.3 Å². The van der Waals surface area contributed by atoms with Crippen LogP contribution in [0.5, 0.6) is 0 Å². The molecule has 2 aromatic rings. The fourth-order valence-corrected chi connectivity index (χ4v) is 5.80. The highest BCUT2D eigenvalue weighted by atomic mass is 32.2. The number of sulfonamides is 1. The van der Waals surface area contributed by atoms with E-state index in [9.17, 15) is 13.2 Å². The molecule has 1 atom stereocenters. The van der Waals surface area contributed by atoms with Crippen LogP contribution in [0.3, 0.4) is 0 Å². The first-order valence-corrected chi connectivity index (χ1v) is 13.1. The summed E-state index contributed by atoms with van der Waals surface area (Å²) >= 11 is 0. The average molecular weight is 457 g/mol. The second-order valence-corrected chi connectivity index (χ2v) is 11.3. The van der Waals surface area contributed by atoms with Crippen molar-refractivity contribution in [2.45, 2.75) is 57.3 Å². The van der Waals surface area contributed by atoms with Crippen LogP contribution in [-0.2, 0) is 14.8 Å². The molecule has 0 aromatic heterocycles. The lowest BCUT2D eigenvalue weighted by Crippen LogP contribution is -2.43. The maximum absolute atomic E-state index is 13.0. The molecule has 0 aliphatic carbocycles. The minimum atomic E-state index is -3.52. The largest absolute Gasteiger partial charge is 0.355 e. The molecule has 174 valence electrons. The average Bonchev–Trinajstić information content (AvgIpc) is 2.79. The van der Waals surface area contributed by atoms with Crippen LogP contribution in [0.4, 0.5) is 0 Å². The zero-order valence-electron chi connectivity index (χ0n) is 19.6. The van der Waals surface area contributed by atoms with Crippen molar-refractivity contribution >= 4 is 15.9 Å². The Morgan fingerprint density at radius 1 is 0.938 bits per heavy atom. The lowest BCUT2D eigenvalue weighted by atomic mass is 9.88. The van der Waals surface area contributed by atoms with Crippen LogP contribution >= 0.6 is 0 Å². The van der Waals surface area contributed by atoms with Gasteiger partial charge in [0.15, 0.2) is 0 Å². The highest BCUT2D eigenvalue weighted by molar-refractivity contribution is 7.89. The molecule has 0 saturated carbocycles. The summed E-state index contributed by atoms with van der Waals surface area (Å²) in [4.78, 5) is 13.1. The van der Waals surface area contributed by atoms with Gasteiger partial charge in [0.1, 0.15) is 0 Å². The fraction of sp³-hybridized carbons (Fsp3) is 0.500. The number of piperidine rings is 1. The van der Waals surface area contributed by atoms with Crippen molar-refractivity contribution in [1.82, 2.24) is 9.62 Å². The van der Waals surface area contributed by atoms with Gasteiger partial charge in [-0.2, -0.15) is 4.31 Å². The summed E-state index contributed by atoms with van der Waals surface area (Å²) in [7, 11) is -3.52. The lowest BCUT2D eigenvalue weighted by Gasteiger charge is -2.31. The normalized spacial score (nSPS) is 16.9. The quantitative estimate of drug-likeness (QED) is 0.622. The van der Waals surface area contributed by atoms with E-state index in [0.717, 1.165) is 5.56 Å². The van der Waals surface area contributed by atoms with Crippen LogP contribution < -0.4 is 5.32 Å². The first-order valence-electron chi connectivity index (χ1n) is 11.6. The van der Waals surface area contributed by atoms with Gasteiger partial charge in [0.2, 0.25) is 15.9 Å². The molecule has 0 radical (unpaired) electrons. The van der Waals surface area contributed by atoms with E-state index >= 15 is 0 Å². The molecular weight excluding hydrogens is 420 g/mol. The molecule has 5 nitrogen and oxygen atoms in total. The van der Waals surface area contributed by atoms with E-state index in [2.05, 4.69) is 45.1 Å². The number of carbonyl (C=O) groups is 1. The van der Waals surface area contributed by atoms with Gasteiger partial charge in [0, 0.05) is 31.5 Å². The van der Waals surface area contributed by atoms with Gasteiger partial charge in [-0.3, -0.25) is 4.79 Å². The molecule has 0 bridgehead atoms. The van der Waals surface area contributed by atoms with E-state index in [1.165, 1.54) is 9.87 Å². The molecular formula is C26H36N2O3S. The summed E-state index contributed by atoms with van der Waals surface area (Å²) < 4.78 is 27.6. The standard InChI is InChI=1S/C26H36N2O3S/c1-19(2)21-10-12-24(13-11-21)32(30,31)28-16-14-23(15-17-28)26(29)27-18-25(20(3)4)22-8-6-5-7-9-22/h5-13,19-20,23,25H,14-18H2,1-4H3,(H,27,29). The summed E-state index contributed by atoms with van der Waals surface area (Å²) in [5.41, 5.74) is 2.35. The monoisotopic (exact) mass is 456 g/mol. The molecule has 32 heavy (non-hydrogen) atoms. The Hall–Kier alpha value is -2.18. The Bertz CT molecular complexity index is 977. The summed E-state index contributed by atoms with van der Waals surface area (Å²) in [6.45, 7) is 9.85. The van der Waals surface area contributed by atoms with Gasteiger partial charge in [-0.1, -0.05) is 70.2 Å². The smallest absolute Gasteiger partial charge is 0.243 e. The van der Waals surface area contributed by atoms with Gasteiger partial charge in [0.05, 0.1) is 4.90 Å². The number of amides is 1. The SMILES string of the molecule is CC(C)c1ccc(S(=O)(=O)N2CCC(C(=O)NCC(c3ccccc3)C(C)C)CC2)cc1. The van der Waals surface area contributed by atoms with E-state index < -0.39 is 10.0 Å². The van der Waals surface area contributed by atoms with E-state index in [1.54, 1.807) is 12.1 Å². The summed E-state index contributed by atoms with van der Waals surface area (Å²) in [5.74, 6) is 0.915. The minimum absolute atomic E-state index is 0.0323. The number of carbonyl (C=O) groups excluding carboxylic acids is 1. The van der Waals surface area contributed by atoms with Gasteiger partial charge in [-0.15, -0.1) is 0 Å². The lowest BCUT2D eigenvalue weighted by molar-refractivity contribution is -0.126. The number of nitrogens with one attached hydrogen (secondary N) is 1. The van der Waals surface area contributed by atoms with Gasteiger partial charge >= 0.3 is 0 Å². The van der Waals surface area contributed by atoms with Gasteiger partial charge in [-0.05, 0) is 47.9 Å². The van der Waals surface area contributed by atoms with Gasteiger partial charge < -0.3 is 5.32 Å². The van der Waals surface area contributed by atoms with Crippen LogP contribution in [0.1, 0.15) is 63.5 Å². The van der Waals surface area contributed by atoms with Crippen molar-refractivity contribution in [3.63, 3.8) is 0 Å². The topological polar surface area (TPSA) is 66.5 Å². The third-order valence-corrected chi connectivity index (χ3v) is 8.45. The second kappa shape index (κ2) is 10.6. The fourth-order valence-electron chi connectivity index (χ4n) is 4.33. The summed E-state index contributed by atoms with van der Waals surface area (Å²) in [6.07, 6.45) is 1.10.